The molecule has 92 valence electrons. The van der Waals surface area contributed by atoms with Crippen LogP contribution in [0.25, 0.3) is 10.9 Å². The van der Waals surface area contributed by atoms with Gasteiger partial charge in [0.25, 0.3) is 0 Å². The Hall–Kier alpha value is -1.28. The number of fused-ring (bicyclic) bond motifs is 1. The number of rotatable bonds is 6. The van der Waals surface area contributed by atoms with Crippen LogP contribution in [-0.2, 0) is 6.54 Å². The highest BCUT2D eigenvalue weighted by molar-refractivity contribution is 5.83. The fourth-order valence-corrected chi connectivity index (χ4v) is 2.28. The molecule has 1 N–H and O–H groups in total. The molecule has 2 nitrogen and oxygen atoms in total. The molecule has 2 aromatic rings. The average Bonchev–Trinajstić information content (AvgIpc) is 2.74. The van der Waals surface area contributed by atoms with E-state index in [-0.39, 0.29) is 0 Å². The zero-order chi connectivity index (χ0) is 12.1. The van der Waals surface area contributed by atoms with Crippen molar-refractivity contribution in [2.24, 2.45) is 0 Å². The van der Waals surface area contributed by atoms with Gasteiger partial charge in [0.1, 0.15) is 0 Å². The Labute approximate surface area is 104 Å². The molecule has 1 heterocycles. The van der Waals surface area contributed by atoms with Crippen LogP contribution in [0.15, 0.2) is 30.5 Å². The van der Waals surface area contributed by atoms with Crippen LogP contribution in [0.2, 0.25) is 0 Å². The number of unbranched alkanes of at least 4 members (excludes halogenated alkanes) is 1. The van der Waals surface area contributed by atoms with Gasteiger partial charge < -0.3 is 9.88 Å². The molecule has 2 rings (SSSR count). The first-order chi connectivity index (χ1) is 8.33. The van der Waals surface area contributed by atoms with E-state index < -0.39 is 0 Å². The molecule has 0 atom stereocenters. The van der Waals surface area contributed by atoms with E-state index in [0.717, 1.165) is 19.6 Å². The van der Waals surface area contributed by atoms with E-state index in [1.807, 2.05) is 0 Å². The van der Waals surface area contributed by atoms with Crippen LogP contribution in [0.3, 0.4) is 0 Å². The zero-order valence-electron chi connectivity index (χ0n) is 10.9. The van der Waals surface area contributed by atoms with Crippen molar-refractivity contribution in [2.45, 2.75) is 33.2 Å². The van der Waals surface area contributed by atoms with Gasteiger partial charge in [0.15, 0.2) is 0 Å². The highest BCUT2D eigenvalue weighted by Crippen LogP contribution is 2.19. The van der Waals surface area contributed by atoms with Crippen molar-refractivity contribution in [3.8, 4) is 0 Å². The van der Waals surface area contributed by atoms with Crippen molar-refractivity contribution < 1.29 is 0 Å². The molecule has 0 fully saturated rings. The SMILES string of the molecule is CCNCCCCn1ccc2c(C)cccc21. The average molecular weight is 230 g/mol. The molecule has 1 aromatic heterocycles. The van der Waals surface area contributed by atoms with Crippen molar-refractivity contribution in [1.82, 2.24) is 9.88 Å². The largest absolute Gasteiger partial charge is 0.347 e. The van der Waals surface area contributed by atoms with E-state index in [4.69, 9.17) is 0 Å². The Morgan fingerprint density at radius 3 is 2.88 bits per heavy atom. The Balaban J connectivity index is 1.97. The molecule has 0 saturated carbocycles. The number of hydrogen-bond donors (Lipinski definition) is 1. The Morgan fingerprint density at radius 1 is 1.18 bits per heavy atom. The topological polar surface area (TPSA) is 17.0 Å². The third-order valence-corrected chi connectivity index (χ3v) is 3.28. The fraction of sp³-hybridized carbons (Fsp3) is 0.467. The smallest absolute Gasteiger partial charge is 0.0482 e. The second-order valence-corrected chi connectivity index (χ2v) is 4.58. The Kier molecular flexibility index (Phi) is 4.21. The molecule has 0 aliphatic heterocycles. The maximum Gasteiger partial charge on any atom is 0.0482 e. The number of nitrogens with zero attached hydrogens (tertiary/aromatic N) is 1. The number of nitrogens with one attached hydrogen (secondary N) is 1. The molecule has 0 aliphatic carbocycles. The lowest BCUT2D eigenvalue weighted by atomic mass is 10.1. The third-order valence-electron chi connectivity index (χ3n) is 3.28. The summed E-state index contributed by atoms with van der Waals surface area (Å²) in [4.78, 5) is 0. The molecule has 0 radical (unpaired) electrons. The van der Waals surface area contributed by atoms with Crippen LogP contribution < -0.4 is 5.32 Å². The van der Waals surface area contributed by atoms with E-state index in [9.17, 15) is 0 Å². The molecule has 0 saturated heterocycles. The Bertz CT molecular complexity index is 471. The summed E-state index contributed by atoms with van der Waals surface area (Å²) in [5.74, 6) is 0. The van der Waals surface area contributed by atoms with Crippen LogP contribution in [0.1, 0.15) is 25.3 Å². The summed E-state index contributed by atoms with van der Waals surface area (Å²) in [6.07, 6.45) is 4.70. The third kappa shape index (κ3) is 2.89. The van der Waals surface area contributed by atoms with Crippen molar-refractivity contribution >= 4 is 10.9 Å². The molecule has 0 bridgehead atoms. The van der Waals surface area contributed by atoms with Gasteiger partial charge in [-0.3, -0.25) is 0 Å². The van der Waals surface area contributed by atoms with E-state index >= 15 is 0 Å². The second-order valence-electron chi connectivity index (χ2n) is 4.58. The summed E-state index contributed by atoms with van der Waals surface area (Å²) < 4.78 is 2.37. The molecule has 0 aliphatic rings. The maximum atomic E-state index is 3.37. The van der Waals surface area contributed by atoms with Gasteiger partial charge in [-0.05, 0) is 50.6 Å². The molecular formula is C15H22N2. The summed E-state index contributed by atoms with van der Waals surface area (Å²) in [5.41, 5.74) is 2.74. The van der Waals surface area contributed by atoms with Crippen molar-refractivity contribution in [3.63, 3.8) is 0 Å². The van der Waals surface area contributed by atoms with Gasteiger partial charge in [-0.15, -0.1) is 0 Å². The summed E-state index contributed by atoms with van der Waals surface area (Å²) in [6.45, 7) is 7.67. The number of aromatic nitrogens is 1. The van der Waals surface area contributed by atoms with Gasteiger partial charge >= 0.3 is 0 Å². The number of hydrogen-bond acceptors (Lipinski definition) is 1. The predicted octanol–water partition coefficient (Wildman–Crippen LogP) is 3.34. The minimum Gasteiger partial charge on any atom is -0.347 e. The van der Waals surface area contributed by atoms with Gasteiger partial charge in [0, 0.05) is 23.6 Å². The first kappa shape index (κ1) is 12.2. The standard InChI is InChI=1S/C15H22N2/c1-3-16-10-4-5-11-17-12-9-14-13(2)7-6-8-15(14)17/h6-9,12,16H,3-5,10-11H2,1-2H3. The molecule has 17 heavy (non-hydrogen) atoms. The quantitative estimate of drug-likeness (QED) is 0.753. The fourth-order valence-electron chi connectivity index (χ4n) is 2.28. The first-order valence-corrected chi connectivity index (χ1v) is 6.58. The zero-order valence-corrected chi connectivity index (χ0v) is 10.9. The lowest BCUT2D eigenvalue weighted by Gasteiger charge is -2.06. The minimum absolute atomic E-state index is 1.08. The molecule has 2 heteroatoms. The van der Waals surface area contributed by atoms with Crippen LogP contribution in [0.4, 0.5) is 0 Å². The van der Waals surface area contributed by atoms with Crippen LogP contribution in [0.5, 0.6) is 0 Å². The van der Waals surface area contributed by atoms with Gasteiger partial charge in [0.2, 0.25) is 0 Å². The molecule has 0 amide bonds. The van der Waals surface area contributed by atoms with Gasteiger partial charge in [0.05, 0.1) is 0 Å². The second kappa shape index (κ2) is 5.87. The summed E-state index contributed by atoms with van der Waals surface area (Å²) >= 11 is 0. The van der Waals surface area contributed by atoms with Crippen molar-refractivity contribution in [1.29, 1.82) is 0 Å². The van der Waals surface area contributed by atoms with E-state index in [0.29, 0.717) is 0 Å². The highest BCUT2D eigenvalue weighted by atomic mass is 14.9. The van der Waals surface area contributed by atoms with E-state index in [1.165, 1.54) is 29.3 Å². The molecular weight excluding hydrogens is 208 g/mol. The molecule has 0 spiro atoms. The van der Waals surface area contributed by atoms with Crippen LogP contribution in [0, 0.1) is 6.92 Å². The summed E-state index contributed by atoms with van der Waals surface area (Å²) in [6, 6.07) is 8.77. The lowest BCUT2D eigenvalue weighted by Crippen LogP contribution is -2.14. The van der Waals surface area contributed by atoms with E-state index in [1.54, 1.807) is 0 Å². The first-order valence-electron chi connectivity index (χ1n) is 6.58. The van der Waals surface area contributed by atoms with Crippen LogP contribution >= 0.6 is 0 Å². The van der Waals surface area contributed by atoms with Gasteiger partial charge in [-0.1, -0.05) is 19.1 Å². The monoisotopic (exact) mass is 230 g/mol. The maximum absolute atomic E-state index is 3.37. The Morgan fingerprint density at radius 2 is 2.06 bits per heavy atom. The van der Waals surface area contributed by atoms with E-state index in [2.05, 4.69) is 54.2 Å². The normalized spacial score (nSPS) is 11.2. The molecule has 1 aromatic carbocycles. The summed E-state index contributed by atoms with van der Waals surface area (Å²) in [5, 5.41) is 4.75. The number of benzene rings is 1. The van der Waals surface area contributed by atoms with Crippen molar-refractivity contribution in [2.75, 3.05) is 13.1 Å². The summed E-state index contributed by atoms with van der Waals surface area (Å²) in [7, 11) is 0. The number of aryl methyl sites for hydroxylation is 2. The minimum atomic E-state index is 1.08. The highest BCUT2D eigenvalue weighted by Gasteiger charge is 2.01. The van der Waals surface area contributed by atoms with Gasteiger partial charge in [-0.25, -0.2) is 0 Å². The van der Waals surface area contributed by atoms with Gasteiger partial charge in [-0.2, -0.15) is 0 Å². The van der Waals surface area contributed by atoms with Crippen LogP contribution in [-0.4, -0.2) is 17.7 Å². The predicted molar refractivity (Wildman–Crippen MR) is 74.5 cm³/mol. The lowest BCUT2D eigenvalue weighted by molar-refractivity contribution is 0.586. The van der Waals surface area contributed by atoms with Crippen molar-refractivity contribution in [3.05, 3.63) is 36.0 Å². The molecule has 0 unspecified atom stereocenters.